The van der Waals surface area contributed by atoms with Crippen LogP contribution in [0, 0.1) is 0 Å². The van der Waals surface area contributed by atoms with Gasteiger partial charge in [-0.3, -0.25) is 14.4 Å². The van der Waals surface area contributed by atoms with Crippen LogP contribution in [0.5, 0.6) is 5.75 Å². The Morgan fingerprint density at radius 1 is 1.12 bits per heavy atom. The third kappa shape index (κ3) is 4.07. The molecule has 2 heterocycles. The van der Waals surface area contributed by atoms with Crippen LogP contribution in [-0.2, 0) is 14.4 Å². The Kier molecular flexibility index (Phi) is 6.17. The van der Waals surface area contributed by atoms with Gasteiger partial charge in [0.15, 0.2) is 0 Å². The standard InChI is InChI=1S/C25H29N3O4/c1-16-15-28(22-14-19(32-3)11-12-20(16)22)24(30)21-10-7-13-27(21)25(31)23(26-17(2)29)18-8-5-4-6-9-18/h4-6,8-9,11-12,14,16,21,23H,7,10,13,15H2,1-3H3,(H,26,29). The Balaban J connectivity index is 1.60. The molecule has 0 bridgehead atoms. The van der Waals surface area contributed by atoms with Crippen LogP contribution in [0.4, 0.5) is 5.69 Å². The molecule has 2 aromatic rings. The predicted molar refractivity (Wildman–Crippen MR) is 121 cm³/mol. The zero-order valence-corrected chi connectivity index (χ0v) is 18.7. The van der Waals surface area contributed by atoms with E-state index in [1.165, 1.54) is 6.92 Å². The van der Waals surface area contributed by atoms with Crippen molar-refractivity contribution in [3.8, 4) is 5.75 Å². The fraction of sp³-hybridized carbons (Fsp3) is 0.400. The Bertz CT molecular complexity index is 1020. The lowest BCUT2D eigenvalue weighted by Crippen LogP contribution is -2.51. The summed E-state index contributed by atoms with van der Waals surface area (Å²) in [4.78, 5) is 42.5. The molecule has 168 valence electrons. The van der Waals surface area contributed by atoms with Crippen LogP contribution in [0.15, 0.2) is 48.5 Å². The Morgan fingerprint density at radius 3 is 2.56 bits per heavy atom. The summed E-state index contributed by atoms with van der Waals surface area (Å²) >= 11 is 0. The monoisotopic (exact) mass is 435 g/mol. The molecule has 2 aromatic carbocycles. The van der Waals surface area contributed by atoms with E-state index in [9.17, 15) is 14.4 Å². The summed E-state index contributed by atoms with van der Waals surface area (Å²) in [6.45, 7) is 4.56. The minimum absolute atomic E-state index is 0.0793. The van der Waals surface area contributed by atoms with Gasteiger partial charge in [0.25, 0.3) is 0 Å². The third-order valence-electron chi connectivity index (χ3n) is 6.33. The highest BCUT2D eigenvalue weighted by molar-refractivity contribution is 6.02. The lowest BCUT2D eigenvalue weighted by molar-refractivity contribution is -0.140. The van der Waals surface area contributed by atoms with Gasteiger partial charge in [-0.1, -0.05) is 43.3 Å². The van der Waals surface area contributed by atoms with Crippen molar-refractivity contribution in [3.05, 3.63) is 59.7 Å². The minimum Gasteiger partial charge on any atom is -0.497 e. The molecule has 0 radical (unpaired) electrons. The molecule has 3 amide bonds. The zero-order valence-electron chi connectivity index (χ0n) is 18.7. The highest BCUT2D eigenvalue weighted by atomic mass is 16.5. The van der Waals surface area contributed by atoms with E-state index in [1.54, 1.807) is 16.9 Å². The molecule has 1 N–H and O–H groups in total. The molecule has 0 saturated carbocycles. The predicted octanol–water partition coefficient (Wildman–Crippen LogP) is 3.01. The van der Waals surface area contributed by atoms with Crippen molar-refractivity contribution in [2.45, 2.75) is 44.7 Å². The number of rotatable bonds is 5. The van der Waals surface area contributed by atoms with Gasteiger partial charge in [-0.05, 0) is 30.0 Å². The number of hydrogen-bond acceptors (Lipinski definition) is 4. The summed E-state index contributed by atoms with van der Waals surface area (Å²) in [5.74, 6) is 0.292. The maximum atomic E-state index is 13.7. The van der Waals surface area contributed by atoms with Crippen molar-refractivity contribution in [2.75, 3.05) is 25.1 Å². The van der Waals surface area contributed by atoms with E-state index < -0.39 is 12.1 Å². The summed E-state index contributed by atoms with van der Waals surface area (Å²) in [5.41, 5.74) is 2.66. The quantitative estimate of drug-likeness (QED) is 0.783. The van der Waals surface area contributed by atoms with Gasteiger partial charge in [0.05, 0.1) is 12.8 Å². The van der Waals surface area contributed by atoms with Gasteiger partial charge in [-0.25, -0.2) is 0 Å². The van der Waals surface area contributed by atoms with Gasteiger partial charge in [0.2, 0.25) is 17.7 Å². The van der Waals surface area contributed by atoms with Crippen molar-refractivity contribution < 1.29 is 19.1 Å². The average molecular weight is 436 g/mol. The fourth-order valence-electron chi connectivity index (χ4n) is 4.75. The Labute approximate surface area is 188 Å². The number of amides is 3. The van der Waals surface area contributed by atoms with Crippen molar-refractivity contribution in [2.24, 2.45) is 0 Å². The second-order valence-corrected chi connectivity index (χ2v) is 8.51. The normalized spacial score (nSPS) is 20.6. The van der Waals surface area contributed by atoms with E-state index >= 15 is 0 Å². The van der Waals surface area contributed by atoms with Crippen LogP contribution in [-0.4, -0.2) is 48.9 Å². The van der Waals surface area contributed by atoms with Crippen LogP contribution in [0.1, 0.15) is 49.8 Å². The van der Waals surface area contributed by atoms with Crippen LogP contribution in [0.2, 0.25) is 0 Å². The van der Waals surface area contributed by atoms with Crippen molar-refractivity contribution in [3.63, 3.8) is 0 Å². The molecule has 0 spiro atoms. The van der Waals surface area contributed by atoms with E-state index in [0.717, 1.165) is 17.7 Å². The first-order valence-electron chi connectivity index (χ1n) is 11.0. The molecule has 0 aliphatic carbocycles. The first-order valence-corrected chi connectivity index (χ1v) is 11.0. The van der Waals surface area contributed by atoms with Gasteiger partial charge < -0.3 is 19.9 Å². The maximum absolute atomic E-state index is 13.7. The first-order chi connectivity index (χ1) is 15.4. The number of carbonyl (C=O) groups excluding carboxylic acids is 3. The highest BCUT2D eigenvalue weighted by Crippen LogP contribution is 2.39. The number of anilines is 1. The average Bonchev–Trinajstić information content (AvgIpc) is 3.42. The second kappa shape index (κ2) is 9.02. The van der Waals surface area contributed by atoms with Gasteiger partial charge in [0, 0.05) is 32.0 Å². The number of nitrogens with one attached hydrogen (secondary N) is 1. The molecular weight excluding hydrogens is 406 g/mol. The Hall–Kier alpha value is -3.35. The molecule has 1 saturated heterocycles. The van der Waals surface area contributed by atoms with E-state index in [2.05, 4.69) is 12.2 Å². The summed E-state index contributed by atoms with van der Waals surface area (Å²) in [5, 5.41) is 2.77. The lowest BCUT2D eigenvalue weighted by Gasteiger charge is -2.31. The molecule has 3 atom stereocenters. The van der Waals surface area contributed by atoms with E-state index in [0.29, 0.717) is 30.8 Å². The fourth-order valence-corrected chi connectivity index (χ4v) is 4.75. The van der Waals surface area contributed by atoms with Crippen LogP contribution >= 0.6 is 0 Å². The van der Waals surface area contributed by atoms with Crippen LogP contribution in [0.25, 0.3) is 0 Å². The van der Waals surface area contributed by atoms with Gasteiger partial charge in [0.1, 0.15) is 17.8 Å². The molecule has 32 heavy (non-hydrogen) atoms. The number of fused-ring (bicyclic) bond motifs is 1. The summed E-state index contributed by atoms with van der Waals surface area (Å²) in [7, 11) is 1.61. The second-order valence-electron chi connectivity index (χ2n) is 8.51. The van der Waals surface area contributed by atoms with Crippen molar-refractivity contribution >= 4 is 23.4 Å². The molecular formula is C25H29N3O4. The molecule has 7 nitrogen and oxygen atoms in total. The molecule has 7 heteroatoms. The Morgan fingerprint density at radius 2 is 1.88 bits per heavy atom. The summed E-state index contributed by atoms with van der Waals surface area (Å²) < 4.78 is 5.36. The largest absolute Gasteiger partial charge is 0.497 e. The molecule has 1 fully saturated rings. The smallest absolute Gasteiger partial charge is 0.250 e. The minimum atomic E-state index is -0.813. The van der Waals surface area contributed by atoms with E-state index in [-0.39, 0.29) is 23.6 Å². The van der Waals surface area contributed by atoms with Gasteiger partial charge >= 0.3 is 0 Å². The van der Waals surface area contributed by atoms with Crippen molar-refractivity contribution in [1.82, 2.24) is 10.2 Å². The summed E-state index contributed by atoms with van der Waals surface area (Å²) in [6, 6.07) is 13.6. The number of carbonyl (C=O) groups is 3. The van der Waals surface area contributed by atoms with Gasteiger partial charge in [-0.2, -0.15) is 0 Å². The van der Waals surface area contributed by atoms with E-state index in [4.69, 9.17) is 4.74 Å². The maximum Gasteiger partial charge on any atom is 0.250 e. The molecule has 2 aliphatic heterocycles. The lowest BCUT2D eigenvalue weighted by atomic mass is 10.0. The van der Waals surface area contributed by atoms with Crippen LogP contribution < -0.4 is 15.0 Å². The highest BCUT2D eigenvalue weighted by Gasteiger charge is 2.42. The summed E-state index contributed by atoms with van der Waals surface area (Å²) in [6.07, 6.45) is 1.36. The van der Waals surface area contributed by atoms with E-state index in [1.807, 2.05) is 48.5 Å². The topological polar surface area (TPSA) is 79.0 Å². The number of nitrogens with zero attached hydrogens (tertiary/aromatic N) is 2. The van der Waals surface area contributed by atoms with Crippen molar-refractivity contribution in [1.29, 1.82) is 0 Å². The number of ether oxygens (including phenoxy) is 1. The first kappa shape index (κ1) is 21.9. The molecule has 3 unspecified atom stereocenters. The van der Waals surface area contributed by atoms with Gasteiger partial charge in [-0.15, -0.1) is 0 Å². The molecule has 4 rings (SSSR count). The SMILES string of the molecule is COc1ccc2c(c1)N(C(=O)C1CCCN1C(=O)C(NC(C)=O)c1ccccc1)CC2C. The van der Waals surface area contributed by atoms with Crippen LogP contribution in [0.3, 0.4) is 0 Å². The third-order valence-corrected chi connectivity index (χ3v) is 6.33. The molecule has 0 aromatic heterocycles. The number of methoxy groups -OCH3 is 1. The molecule has 2 aliphatic rings. The number of benzene rings is 2. The number of hydrogen-bond donors (Lipinski definition) is 1. The number of likely N-dealkylation sites (tertiary alicyclic amines) is 1. The zero-order chi connectivity index (χ0) is 22.8.